The number of nitrogens with zero attached hydrogens (tertiary/aromatic N) is 1. The van der Waals surface area contributed by atoms with Gasteiger partial charge in [-0.25, -0.2) is 4.99 Å². The Hall–Kier alpha value is -1.80. The maximum absolute atomic E-state index is 5.84. The second kappa shape index (κ2) is 5.51. The molecular weight excluding hydrogens is 234 g/mol. The average molecular weight is 246 g/mol. The predicted molar refractivity (Wildman–Crippen MR) is 71.1 cm³/mol. The van der Waals surface area contributed by atoms with Gasteiger partial charge in [0.15, 0.2) is 0 Å². The minimum atomic E-state index is 0.577. The van der Waals surface area contributed by atoms with Gasteiger partial charge in [0.1, 0.15) is 0 Å². The summed E-state index contributed by atoms with van der Waals surface area (Å²) < 4.78 is 5.29. The predicted octanol–water partition coefficient (Wildman–Crippen LogP) is 4.06. The number of para-hydroxylation sites is 1. The van der Waals surface area contributed by atoms with Gasteiger partial charge < -0.3 is 4.74 Å². The van der Waals surface area contributed by atoms with Crippen LogP contribution in [0.25, 0.3) is 0 Å². The highest BCUT2D eigenvalue weighted by Gasteiger charge is 2.03. The molecule has 0 fully saturated rings. The van der Waals surface area contributed by atoms with Crippen molar-refractivity contribution in [1.29, 1.82) is 0 Å². The zero-order valence-corrected chi connectivity index (χ0v) is 10.2. The summed E-state index contributed by atoms with van der Waals surface area (Å²) in [5, 5.41) is 0.698. The minimum absolute atomic E-state index is 0.577. The molecule has 0 aliphatic rings. The van der Waals surface area contributed by atoms with Crippen molar-refractivity contribution in [2.75, 3.05) is 7.11 Å². The van der Waals surface area contributed by atoms with E-state index in [1.807, 2.05) is 54.6 Å². The van der Waals surface area contributed by atoms with Gasteiger partial charge in [-0.3, -0.25) is 0 Å². The van der Waals surface area contributed by atoms with Crippen LogP contribution in [0.15, 0.2) is 59.6 Å². The van der Waals surface area contributed by atoms with Gasteiger partial charge >= 0.3 is 0 Å². The van der Waals surface area contributed by atoms with E-state index >= 15 is 0 Å². The third kappa shape index (κ3) is 3.08. The Bertz CT molecular complexity index is 506. The van der Waals surface area contributed by atoms with E-state index in [2.05, 4.69) is 4.99 Å². The molecule has 0 atom stereocenters. The summed E-state index contributed by atoms with van der Waals surface area (Å²) in [5.74, 6) is 0.577. The van der Waals surface area contributed by atoms with Gasteiger partial charge in [0.2, 0.25) is 5.90 Å². The fourth-order valence-electron chi connectivity index (χ4n) is 1.44. The molecule has 0 heterocycles. The van der Waals surface area contributed by atoms with Gasteiger partial charge in [-0.1, -0.05) is 29.8 Å². The molecule has 0 radical (unpaired) electrons. The number of ether oxygens (including phenoxy) is 1. The molecule has 0 aromatic heterocycles. The lowest BCUT2D eigenvalue weighted by Crippen LogP contribution is -2.02. The Kier molecular flexibility index (Phi) is 3.78. The quantitative estimate of drug-likeness (QED) is 0.577. The van der Waals surface area contributed by atoms with E-state index < -0.39 is 0 Å². The third-order valence-electron chi connectivity index (χ3n) is 2.27. The Morgan fingerprint density at radius 2 is 1.65 bits per heavy atom. The smallest absolute Gasteiger partial charge is 0.220 e. The Balaban J connectivity index is 2.34. The minimum Gasteiger partial charge on any atom is -0.481 e. The SMILES string of the molecule is COC(=Nc1ccccc1)c1ccc(Cl)cc1. The summed E-state index contributed by atoms with van der Waals surface area (Å²) in [5.41, 5.74) is 1.76. The van der Waals surface area contributed by atoms with E-state index in [1.54, 1.807) is 7.11 Å². The lowest BCUT2D eigenvalue weighted by Gasteiger charge is -2.05. The van der Waals surface area contributed by atoms with Crippen molar-refractivity contribution in [3.8, 4) is 0 Å². The first-order chi connectivity index (χ1) is 8.29. The summed E-state index contributed by atoms with van der Waals surface area (Å²) in [6.45, 7) is 0. The van der Waals surface area contributed by atoms with Crippen molar-refractivity contribution in [2.24, 2.45) is 4.99 Å². The number of hydrogen-bond acceptors (Lipinski definition) is 2. The van der Waals surface area contributed by atoms with Crippen LogP contribution in [0.2, 0.25) is 5.02 Å². The summed E-state index contributed by atoms with van der Waals surface area (Å²) >= 11 is 5.84. The number of benzene rings is 2. The molecule has 0 N–H and O–H groups in total. The molecule has 0 bridgehead atoms. The zero-order valence-electron chi connectivity index (χ0n) is 9.43. The highest BCUT2D eigenvalue weighted by atomic mass is 35.5. The number of methoxy groups -OCH3 is 1. The van der Waals surface area contributed by atoms with Crippen molar-refractivity contribution < 1.29 is 4.74 Å². The molecule has 0 saturated carbocycles. The van der Waals surface area contributed by atoms with E-state index in [1.165, 1.54) is 0 Å². The van der Waals surface area contributed by atoms with Gasteiger partial charge in [0.25, 0.3) is 0 Å². The molecule has 2 rings (SSSR count). The van der Waals surface area contributed by atoms with Gasteiger partial charge in [-0.15, -0.1) is 0 Å². The first kappa shape index (κ1) is 11.7. The van der Waals surface area contributed by atoms with Crippen molar-refractivity contribution >= 4 is 23.2 Å². The van der Waals surface area contributed by atoms with E-state index in [-0.39, 0.29) is 0 Å². The maximum atomic E-state index is 5.84. The highest BCUT2D eigenvalue weighted by Crippen LogP contribution is 2.15. The maximum Gasteiger partial charge on any atom is 0.220 e. The van der Waals surface area contributed by atoms with E-state index in [4.69, 9.17) is 16.3 Å². The van der Waals surface area contributed by atoms with E-state index in [9.17, 15) is 0 Å². The standard InChI is InChI=1S/C14H12ClNO/c1-17-14(11-7-9-12(15)10-8-11)16-13-5-3-2-4-6-13/h2-10H,1H3. The molecule has 3 heteroatoms. The van der Waals surface area contributed by atoms with Crippen LogP contribution in [0.4, 0.5) is 5.69 Å². The molecule has 0 aliphatic heterocycles. The normalized spacial score (nSPS) is 11.3. The molecule has 2 nitrogen and oxygen atoms in total. The van der Waals surface area contributed by atoms with Crippen molar-refractivity contribution in [2.45, 2.75) is 0 Å². The second-order valence-electron chi connectivity index (χ2n) is 3.46. The lowest BCUT2D eigenvalue weighted by atomic mass is 10.2. The van der Waals surface area contributed by atoms with Crippen LogP contribution in [0.1, 0.15) is 5.56 Å². The largest absolute Gasteiger partial charge is 0.481 e. The van der Waals surface area contributed by atoms with Crippen LogP contribution in [0.5, 0.6) is 0 Å². The van der Waals surface area contributed by atoms with Crippen LogP contribution in [-0.4, -0.2) is 13.0 Å². The van der Waals surface area contributed by atoms with E-state index in [0.29, 0.717) is 10.9 Å². The van der Waals surface area contributed by atoms with Gasteiger partial charge in [0, 0.05) is 10.6 Å². The van der Waals surface area contributed by atoms with Gasteiger partial charge in [-0.05, 0) is 36.4 Å². The van der Waals surface area contributed by atoms with Crippen LogP contribution < -0.4 is 0 Å². The molecule has 2 aromatic carbocycles. The molecule has 17 heavy (non-hydrogen) atoms. The molecule has 0 amide bonds. The molecule has 2 aromatic rings. The molecule has 86 valence electrons. The van der Waals surface area contributed by atoms with Crippen LogP contribution in [0, 0.1) is 0 Å². The summed E-state index contributed by atoms with van der Waals surface area (Å²) in [4.78, 5) is 4.43. The monoisotopic (exact) mass is 245 g/mol. The number of hydrogen-bond donors (Lipinski definition) is 0. The third-order valence-corrected chi connectivity index (χ3v) is 2.52. The van der Waals surface area contributed by atoms with Crippen molar-refractivity contribution in [3.63, 3.8) is 0 Å². The molecule has 0 unspecified atom stereocenters. The number of aliphatic imine (C=N–C) groups is 1. The number of halogens is 1. The molecule has 0 saturated heterocycles. The molecular formula is C14H12ClNO. The number of rotatable bonds is 2. The summed E-state index contributed by atoms with van der Waals surface area (Å²) in [6, 6.07) is 17.1. The fourth-order valence-corrected chi connectivity index (χ4v) is 1.57. The first-order valence-electron chi connectivity index (χ1n) is 5.23. The van der Waals surface area contributed by atoms with Gasteiger partial charge in [-0.2, -0.15) is 0 Å². The Morgan fingerprint density at radius 1 is 1.00 bits per heavy atom. The zero-order chi connectivity index (χ0) is 12.1. The van der Waals surface area contributed by atoms with Crippen molar-refractivity contribution in [3.05, 3.63) is 65.2 Å². The second-order valence-corrected chi connectivity index (χ2v) is 3.90. The summed E-state index contributed by atoms with van der Waals surface area (Å²) in [7, 11) is 1.61. The molecule has 0 aliphatic carbocycles. The Labute approximate surface area is 106 Å². The van der Waals surface area contributed by atoms with E-state index in [0.717, 1.165) is 11.3 Å². The average Bonchev–Trinajstić information content (AvgIpc) is 2.38. The van der Waals surface area contributed by atoms with Crippen LogP contribution in [0.3, 0.4) is 0 Å². The lowest BCUT2D eigenvalue weighted by molar-refractivity contribution is 0.405. The Morgan fingerprint density at radius 3 is 2.24 bits per heavy atom. The molecule has 0 spiro atoms. The highest BCUT2D eigenvalue weighted by molar-refractivity contribution is 6.30. The van der Waals surface area contributed by atoms with Crippen molar-refractivity contribution in [1.82, 2.24) is 0 Å². The summed E-state index contributed by atoms with van der Waals surface area (Å²) in [6.07, 6.45) is 0. The topological polar surface area (TPSA) is 21.6 Å². The fraction of sp³-hybridized carbons (Fsp3) is 0.0714. The van der Waals surface area contributed by atoms with Crippen LogP contribution >= 0.6 is 11.6 Å². The first-order valence-corrected chi connectivity index (χ1v) is 5.61. The van der Waals surface area contributed by atoms with Crippen LogP contribution in [-0.2, 0) is 4.74 Å². The van der Waals surface area contributed by atoms with Gasteiger partial charge in [0.05, 0.1) is 12.8 Å².